The van der Waals surface area contributed by atoms with E-state index in [9.17, 15) is 9.59 Å². The number of rotatable bonds is 2. The van der Waals surface area contributed by atoms with Crippen molar-refractivity contribution in [2.24, 2.45) is 11.3 Å². The predicted octanol–water partition coefficient (Wildman–Crippen LogP) is 2.26. The summed E-state index contributed by atoms with van der Waals surface area (Å²) >= 11 is 0. The van der Waals surface area contributed by atoms with Gasteiger partial charge in [-0.15, -0.1) is 0 Å². The molecule has 16 heavy (non-hydrogen) atoms. The summed E-state index contributed by atoms with van der Waals surface area (Å²) in [5, 5.41) is 0. The lowest BCUT2D eigenvalue weighted by Gasteiger charge is -2.34. The molecule has 0 aromatic heterocycles. The van der Waals surface area contributed by atoms with Gasteiger partial charge in [-0.3, -0.25) is 9.59 Å². The van der Waals surface area contributed by atoms with Crippen molar-refractivity contribution in [2.45, 2.75) is 39.0 Å². The van der Waals surface area contributed by atoms with Crippen LogP contribution in [0.15, 0.2) is 11.6 Å². The van der Waals surface area contributed by atoms with Gasteiger partial charge in [0.25, 0.3) is 0 Å². The van der Waals surface area contributed by atoms with Crippen LogP contribution < -0.4 is 0 Å². The Morgan fingerprint density at radius 2 is 2.31 bits per heavy atom. The molecule has 0 aliphatic heterocycles. The number of carbonyl (C=O) groups is 2. The summed E-state index contributed by atoms with van der Waals surface area (Å²) in [4.78, 5) is 22.7. The van der Waals surface area contributed by atoms with E-state index in [1.807, 2.05) is 0 Å². The number of ketones is 1. The Kier molecular flexibility index (Phi) is 2.87. The minimum absolute atomic E-state index is 0.0576. The van der Waals surface area contributed by atoms with Crippen LogP contribution in [0.3, 0.4) is 0 Å². The molecule has 88 valence electrons. The van der Waals surface area contributed by atoms with E-state index in [1.165, 1.54) is 12.7 Å². The Hall–Kier alpha value is -1.12. The van der Waals surface area contributed by atoms with Crippen LogP contribution in [0.4, 0.5) is 0 Å². The van der Waals surface area contributed by atoms with Gasteiger partial charge < -0.3 is 4.74 Å². The first-order valence-electron chi connectivity index (χ1n) is 5.87. The molecule has 0 unspecified atom stereocenters. The molecule has 2 aliphatic rings. The molecule has 1 fully saturated rings. The Labute approximate surface area is 95.9 Å². The summed E-state index contributed by atoms with van der Waals surface area (Å²) < 4.78 is 4.73. The summed E-state index contributed by atoms with van der Waals surface area (Å²) in [5.41, 5.74) is 1.31. The van der Waals surface area contributed by atoms with E-state index in [4.69, 9.17) is 4.74 Å². The highest BCUT2D eigenvalue weighted by atomic mass is 16.5. The maximum atomic E-state index is 11.4. The number of allylic oxidation sites excluding steroid dienone is 2. The molecule has 0 radical (unpaired) electrons. The molecule has 0 aromatic carbocycles. The fourth-order valence-corrected chi connectivity index (χ4v) is 3.06. The molecule has 0 spiro atoms. The quantitative estimate of drug-likeness (QED) is 0.673. The third-order valence-corrected chi connectivity index (χ3v) is 4.26. The van der Waals surface area contributed by atoms with Gasteiger partial charge in [0.1, 0.15) is 0 Å². The summed E-state index contributed by atoms with van der Waals surface area (Å²) in [5.74, 6) is 0.454. The van der Waals surface area contributed by atoms with Crippen molar-refractivity contribution in [3.05, 3.63) is 11.6 Å². The topological polar surface area (TPSA) is 43.4 Å². The van der Waals surface area contributed by atoms with Gasteiger partial charge in [-0.05, 0) is 36.7 Å². The SMILES string of the molecule is COC(=O)C[C@@H]1CCC2=CC(=O)CC[C@]21C. The van der Waals surface area contributed by atoms with E-state index in [-0.39, 0.29) is 17.2 Å². The third kappa shape index (κ3) is 1.79. The van der Waals surface area contributed by atoms with E-state index < -0.39 is 0 Å². The number of esters is 1. The van der Waals surface area contributed by atoms with Crippen LogP contribution >= 0.6 is 0 Å². The molecule has 0 saturated heterocycles. The lowest BCUT2D eigenvalue weighted by Crippen LogP contribution is -2.29. The normalized spacial score (nSPS) is 33.2. The Bertz CT molecular complexity index is 356. The van der Waals surface area contributed by atoms with Crippen molar-refractivity contribution in [1.82, 2.24) is 0 Å². The van der Waals surface area contributed by atoms with Crippen LogP contribution in [0.1, 0.15) is 39.0 Å². The summed E-state index contributed by atoms with van der Waals surface area (Å²) in [6, 6.07) is 0. The van der Waals surface area contributed by atoms with E-state index in [1.54, 1.807) is 6.08 Å². The van der Waals surface area contributed by atoms with Crippen LogP contribution in [0.2, 0.25) is 0 Å². The van der Waals surface area contributed by atoms with Gasteiger partial charge in [-0.1, -0.05) is 12.5 Å². The highest BCUT2D eigenvalue weighted by molar-refractivity contribution is 5.91. The number of ether oxygens (including phenoxy) is 1. The number of carbonyl (C=O) groups excluding carboxylic acids is 2. The first-order valence-corrected chi connectivity index (χ1v) is 5.87. The number of hydrogen-bond donors (Lipinski definition) is 0. The van der Waals surface area contributed by atoms with Gasteiger partial charge in [0.15, 0.2) is 5.78 Å². The van der Waals surface area contributed by atoms with Crippen molar-refractivity contribution in [1.29, 1.82) is 0 Å². The second-order valence-electron chi connectivity index (χ2n) is 5.07. The van der Waals surface area contributed by atoms with Crippen molar-refractivity contribution in [3.63, 3.8) is 0 Å². The maximum absolute atomic E-state index is 11.4. The molecule has 0 heterocycles. The van der Waals surface area contributed by atoms with Crippen LogP contribution in [-0.2, 0) is 14.3 Å². The molecular formula is C13H18O3. The van der Waals surface area contributed by atoms with E-state index in [2.05, 4.69) is 6.92 Å². The Morgan fingerprint density at radius 1 is 1.56 bits per heavy atom. The van der Waals surface area contributed by atoms with Crippen LogP contribution in [0.5, 0.6) is 0 Å². The van der Waals surface area contributed by atoms with Crippen molar-refractivity contribution < 1.29 is 14.3 Å². The molecule has 0 bridgehead atoms. The molecule has 2 atom stereocenters. The average molecular weight is 222 g/mol. The van der Waals surface area contributed by atoms with Crippen molar-refractivity contribution in [3.8, 4) is 0 Å². The first-order chi connectivity index (χ1) is 7.56. The van der Waals surface area contributed by atoms with Gasteiger partial charge in [-0.25, -0.2) is 0 Å². The predicted molar refractivity (Wildman–Crippen MR) is 59.8 cm³/mol. The molecule has 2 rings (SSSR count). The van der Waals surface area contributed by atoms with Crippen LogP contribution in [-0.4, -0.2) is 18.9 Å². The van der Waals surface area contributed by atoms with E-state index >= 15 is 0 Å². The van der Waals surface area contributed by atoms with E-state index in [0.29, 0.717) is 18.8 Å². The first kappa shape index (κ1) is 11.4. The monoisotopic (exact) mass is 222 g/mol. The highest BCUT2D eigenvalue weighted by Gasteiger charge is 2.45. The lowest BCUT2D eigenvalue weighted by atomic mass is 9.69. The zero-order valence-electron chi connectivity index (χ0n) is 9.91. The van der Waals surface area contributed by atoms with Crippen LogP contribution in [0.25, 0.3) is 0 Å². The number of hydrogen-bond acceptors (Lipinski definition) is 3. The Balaban J connectivity index is 2.17. The second-order valence-corrected chi connectivity index (χ2v) is 5.07. The molecule has 0 N–H and O–H groups in total. The minimum atomic E-state index is -0.135. The van der Waals surface area contributed by atoms with Gasteiger partial charge in [0.2, 0.25) is 0 Å². The smallest absolute Gasteiger partial charge is 0.305 e. The van der Waals surface area contributed by atoms with Crippen molar-refractivity contribution >= 4 is 11.8 Å². The summed E-state index contributed by atoms with van der Waals surface area (Å²) in [7, 11) is 1.43. The molecule has 0 aromatic rings. The standard InChI is InChI=1S/C13H18O3/c1-13-6-5-11(14)7-9(13)3-4-10(13)8-12(15)16-2/h7,10H,3-6,8H2,1-2H3/t10-,13+/m0/s1. The molecule has 3 heteroatoms. The summed E-state index contributed by atoms with van der Waals surface area (Å²) in [6.45, 7) is 2.19. The highest BCUT2D eigenvalue weighted by Crippen LogP contribution is 2.53. The Morgan fingerprint density at radius 3 is 3.00 bits per heavy atom. The lowest BCUT2D eigenvalue weighted by molar-refractivity contribution is -0.142. The molecule has 3 nitrogen and oxygen atoms in total. The fraction of sp³-hybridized carbons (Fsp3) is 0.692. The zero-order valence-corrected chi connectivity index (χ0v) is 9.91. The number of fused-ring (bicyclic) bond motifs is 1. The van der Waals surface area contributed by atoms with Crippen LogP contribution in [0, 0.1) is 11.3 Å². The fourth-order valence-electron chi connectivity index (χ4n) is 3.06. The molecule has 2 aliphatic carbocycles. The van der Waals surface area contributed by atoms with Gasteiger partial charge in [0, 0.05) is 12.8 Å². The second kappa shape index (κ2) is 4.04. The molecule has 0 amide bonds. The zero-order chi connectivity index (χ0) is 11.8. The third-order valence-electron chi connectivity index (χ3n) is 4.26. The maximum Gasteiger partial charge on any atom is 0.305 e. The van der Waals surface area contributed by atoms with E-state index in [0.717, 1.165) is 19.3 Å². The molecular weight excluding hydrogens is 204 g/mol. The van der Waals surface area contributed by atoms with Gasteiger partial charge >= 0.3 is 5.97 Å². The summed E-state index contributed by atoms with van der Waals surface area (Å²) in [6.07, 6.45) is 5.77. The van der Waals surface area contributed by atoms with Crippen molar-refractivity contribution in [2.75, 3.05) is 7.11 Å². The van der Waals surface area contributed by atoms with Gasteiger partial charge in [-0.2, -0.15) is 0 Å². The largest absolute Gasteiger partial charge is 0.469 e. The van der Waals surface area contributed by atoms with Gasteiger partial charge in [0.05, 0.1) is 7.11 Å². The average Bonchev–Trinajstić information content (AvgIpc) is 2.57. The minimum Gasteiger partial charge on any atom is -0.469 e. The molecule has 1 saturated carbocycles. The number of methoxy groups -OCH3 is 1.